The standard InChI is InChI=1S/C36H38Si/c1-23-19-25(3)31(26(4)20-23)33-34(32-27(5)21-24(2)22-28(32)6)36(30-17-13-10-14-18-30)37(7,8)35(33)29-15-11-9-12-16-29/h9-22H,1-8H3. The van der Waals surface area contributed by atoms with Crippen molar-refractivity contribution in [1.29, 1.82) is 0 Å². The highest BCUT2D eigenvalue weighted by molar-refractivity contribution is 7.13. The Hall–Kier alpha value is -3.42. The highest BCUT2D eigenvalue weighted by Crippen LogP contribution is 2.57. The van der Waals surface area contributed by atoms with Crippen molar-refractivity contribution in [1.82, 2.24) is 0 Å². The van der Waals surface area contributed by atoms with Crippen LogP contribution in [0.4, 0.5) is 0 Å². The summed E-state index contributed by atoms with van der Waals surface area (Å²) in [7, 11) is -2.13. The van der Waals surface area contributed by atoms with Gasteiger partial charge in [-0.15, -0.1) is 0 Å². The van der Waals surface area contributed by atoms with Crippen molar-refractivity contribution in [2.45, 2.75) is 54.6 Å². The summed E-state index contributed by atoms with van der Waals surface area (Å²) < 4.78 is 0. The normalized spacial score (nSPS) is 15.0. The number of hydrogen-bond acceptors (Lipinski definition) is 0. The quantitative estimate of drug-likeness (QED) is 0.246. The summed E-state index contributed by atoms with van der Waals surface area (Å²) in [4.78, 5) is 0. The van der Waals surface area contributed by atoms with Crippen LogP contribution in [0.5, 0.6) is 0 Å². The molecule has 0 aliphatic carbocycles. The molecule has 0 amide bonds. The Bertz CT molecular complexity index is 1400. The molecule has 1 aliphatic heterocycles. The fourth-order valence-electron chi connectivity index (χ4n) is 6.87. The van der Waals surface area contributed by atoms with Crippen LogP contribution in [0.1, 0.15) is 55.6 Å². The van der Waals surface area contributed by atoms with Crippen molar-refractivity contribution in [3.05, 3.63) is 141 Å². The van der Waals surface area contributed by atoms with Crippen LogP contribution in [0.15, 0.2) is 84.9 Å². The van der Waals surface area contributed by atoms with E-state index < -0.39 is 8.07 Å². The first-order chi connectivity index (χ1) is 17.6. The smallest absolute Gasteiger partial charge is 0.0622 e. The first-order valence-electron chi connectivity index (χ1n) is 13.4. The Morgan fingerprint density at radius 2 is 0.730 bits per heavy atom. The van der Waals surface area contributed by atoms with E-state index in [4.69, 9.17) is 0 Å². The lowest BCUT2D eigenvalue weighted by molar-refractivity contribution is 1.28. The van der Waals surface area contributed by atoms with Crippen molar-refractivity contribution in [2.24, 2.45) is 0 Å². The van der Waals surface area contributed by atoms with E-state index in [1.165, 1.54) is 66.8 Å². The minimum absolute atomic E-state index is 1.33. The number of benzene rings is 4. The van der Waals surface area contributed by atoms with Crippen LogP contribution in [0.3, 0.4) is 0 Å². The zero-order chi connectivity index (χ0) is 26.5. The number of allylic oxidation sites excluding steroid dienone is 2. The van der Waals surface area contributed by atoms with E-state index in [0.717, 1.165) is 0 Å². The highest BCUT2D eigenvalue weighted by Gasteiger charge is 2.44. The van der Waals surface area contributed by atoms with Crippen LogP contribution in [0.2, 0.25) is 13.1 Å². The van der Waals surface area contributed by atoms with Gasteiger partial charge in [0.15, 0.2) is 0 Å². The second-order valence-corrected chi connectivity index (χ2v) is 15.7. The van der Waals surface area contributed by atoms with Crippen molar-refractivity contribution in [3.8, 4) is 0 Å². The molecule has 4 aromatic rings. The molecule has 0 aromatic heterocycles. The third kappa shape index (κ3) is 4.26. The Balaban J connectivity index is 2.03. The van der Waals surface area contributed by atoms with E-state index in [0.29, 0.717) is 0 Å². The van der Waals surface area contributed by atoms with Gasteiger partial charge in [0.1, 0.15) is 8.07 Å². The Kier molecular flexibility index (Phi) is 6.46. The summed E-state index contributed by atoms with van der Waals surface area (Å²) in [6.45, 7) is 18.7. The number of hydrogen-bond donors (Lipinski definition) is 0. The van der Waals surface area contributed by atoms with Gasteiger partial charge in [0.2, 0.25) is 0 Å². The lowest BCUT2D eigenvalue weighted by Crippen LogP contribution is -2.28. The van der Waals surface area contributed by atoms with Gasteiger partial charge >= 0.3 is 0 Å². The lowest BCUT2D eigenvalue weighted by Gasteiger charge is -2.27. The van der Waals surface area contributed by atoms with Gasteiger partial charge in [-0.25, -0.2) is 0 Å². The summed E-state index contributed by atoms with van der Waals surface area (Å²) in [5, 5.41) is 3.10. The van der Waals surface area contributed by atoms with Crippen LogP contribution in [0, 0.1) is 41.5 Å². The van der Waals surface area contributed by atoms with Gasteiger partial charge in [-0.05, 0) is 108 Å². The molecule has 0 spiro atoms. The minimum atomic E-state index is -2.13. The van der Waals surface area contributed by atoms with Crippen LogP contribution in [-0.4, -0.2) is 8.07 Å². The molecule has 1 heteroatoms. The monoisotopic (exact) mass is 498 g/mol. The first-order valence-corrected chi connectivity index (χ1v) is 16.4. The molecule has 0 nitrogen and oxygen atoms in total. The molecule has 0 bridgehead atoms. The fraction of sp³-hybridized carbons (Fsp3) is 0.222. The van der Waals surface area contributed by atoms with Crippen LogP contribution < -0.4 is 0 Å². The van der Waals surface area contributed by atoms with Gasteiger partial charge in [-0.2, -0.15) is 0 Å². The molecule has 4 aromatic carbocycles. The highest BCUT2D eigenvalue weighted by atomic mass is 28.3. The Morgan fingerprint density at radius 1 is 0.432 bits per heavy atom. The SMILES string of the molecule is Cc1cc(C)c(C2=C(c3ccccc3)[Si](C)(C)C(c3ccccc3)=C2c2c(C)cc(C)cc2C)c(C)c1. The maximum absolute atomic E-state index is 2.56. The molecule has 0 radical (unpaired) electrons. The summed E-state index contributed by atoms with van der Waals surface area (Å²) in [5.41, 5.74) is 16.5. The van der Waals surface area contributed by atoms with E-state index in [2.05, 4.69) is 140 Å². The molecule has 1 aliphatic rings. The van der Waals surface area contributed by atoms with Crippen LogP contribution in [-0.2, 0) is 0 Å². The van der Waals surface area contributed by atoms with E-state index in [1.54, 1.807) is 10.4 Å². The molecule has 0 saturated carbocycles. The predicted octanol–water partition coefficient (Wildman–Crippen LogP) is 9.86. The number of aryl methyl sites for hydroxylation is 6. The minimum Gasteiger partial charge on any atom is -0.0622 e. The molecular formula is C36H38Si. The second-order valence-electron chi connectivity index (χ2n) is 11.4. The molecule has 186 valence electrons. The maximum atomic E-state index is 2.56. The van der Waals surface area contributed by atoms with E-state index in [1.807, 2.05) is 0 Å². The lowest BCUT2D eigenvalue weighted by atomic mass is 9.81. The topological polar surface area (TPSA) is 0 Å². The largest absolute Gasteiger partial charge is 0.115 e. The van der Waals surface area contributed by atoms with E-state index in [-0.39, 0.29) is 0 Å². The molecule has 1 heterocycles. The van der Waals surface area contributed by atoms with Crippen molar-refractivity contribution in [3.63, 3.8) is 0 Å². The van der Waals surface area contributed by atoms with Gasteiger partial charge < -0.3 is 0 Å². The first kappa shape index (κ1) is 25.2. The third-order valence-electron chi connectivity index (χ3n) is 7.98. The molecular weight excluding hydrogens is 460 g/mol. The average Bonchev–Trinajstić information content (AvgIpc) is 3.05. The molecule has 0 fully saturated rings. The van der Waals surface area contributed by atoms with Crippen LogP contribution in [0.25, 0.3) is 21.5 Å². The summed E-state index contributed by atoms with van der Waals surface area (Å²) in [5.74, 6) is 0. The molecule has 5 rings (SSSR count). The van der Waals surface area contributed by atoms with Gasteiger partial charge in [-0.3, -0.25) is 0 Å². The zero-order valence-corrected chi connectivity index (χ0v) is 24.6. The van der Waals surface area contributed by atoms with Crippen LogP contribution >= 0.6 is 0 Å². The van der Waals surface area contributed by atoms with Gasteiger partial charge in [0, 0.05) is 0 Å². The molecule has 0 N–H and O–H groups in total. The molecule has 0 atom stereocenters. The summed E-state index contributed by atoms with van der Waals surface area (Å²) in [6.07, 6.45) is 0. The zero-order valence-electron chi connectivity index (χ0n) is 23.6. The van der Waals surface area contributed by atoms with Crippen molar-refractivity contribution < 1.29 is 0 Å². The fourth-order valence-corrected chi connectivity index (χ4v) is 10.6. The van der Waals surface area contributed by atoms with Crippen molar-refractivity contribution in [2.75, 3.05) is 0 Å². The number of rotatable bonds is 4. The third-order valence-corrected chi connectivity index (χ3v) is 11.6. The van der Waals surface area contributed by atoms with Crippen molar-refractivity contribution >= 4 is 29.6 Å². The van der Waals surface area contributed by atoms with Gasteiger partial charge in [0.25, 0.3) is 0 Å². The summed E-state index contributed by atoms with van der Waals surface area (Å²) >= 11 is 0. The van der Waals surface area contributed by atoms with Gasteiger partial charge in [0.05, 0.1) is 0 Å². The second kappa shape index (κ2) is 9.47. The van der Waals surface area contributed by atoms with E-state index in [9.17, 15) is 0 Å². The summed E-state index contributed by atoms with van der Waals surface area (Å²) in [6, 6.07) is 31.8. The Labute approximate surface area is 224 Å². The molecule has 0 saturated heterocycles. The predicted molar refractivity (Wildman–Crippen MR) is 165 cm³/mol. The molecule has 37 heavy (non-hydrogen) atoms. The molecule has 0 unspecified atom stereocenters. The maximum Gasteiger partial charge on any atom is 0.115 e. The van der Waals surface area contributed by atoms with E-state index >= 15 is 0 Å². The Morgan fingerprint density at radius 3 is 1.03 bits per heavy atom. The van der Waals surface area contributed by atoms with Gasteiger partial charge in [-0.1, -0.05) is 109 Å². The average molecular weight is 499 g/mol.